The van der Waals surface area contributed by atoms with E-state index in [1.54, 1.807) is 6.07 Å². The van der Waals surface area contributed by atoms with Crippen molar-refractivity contribution in [2.45, 2.75) is 20.8 Å². The monoisotopic (exact) mass is 255 g/mol. The normalized spacial score (nSPS) is 15.8. The summed E-state index contributed by atoms with van der Waals surface area (Å²) >= 11 is 0. The second kappa shape index (κ2) is 5.22. The van der Waals surface area contributed by atoms with Crippen molar-refractivity contribution in [3.05, 3.63) is 48.1 Å². The van der Waals surface area contributed by atoms with E-state index in [1.165, 1.54) is 17.1 Å². The van der Waals surface area contributed by atoms with Crippen LogP contribution in [0, 0.1) is 5.92 Å². The average Bonchev–Trinajstić information content (AvgIpc) is 2.68. The van der Waals surface area contributed by atoms with Crippen molar-refractivity contribution >= 4 is 23.1 Å². The van der Waals surface area contributed by atoms with E-state index in [2.05, 4.69) is 19.9 Å². The molecule has 1 aliphatic rings. The highest BCUT2D eigenvalue weighted by atomic mass is 16.2. The fraction of sp³-hybridized carbons (Fsp3) is 0.250. The summed E-state index contributed by atoms with van der Waals surface area (Å²) in [6.45, 7) is 6.26. The Bertz CT molecular complexity index is 564. The Kier molecular flexibility index (Phi) is 3.65. The van der Waals surface area contributed by atoms with Crippen LogP contribution in [0.5, 0.6) is 0 Å². The minimum absolute atomic E-state index is 0.285. The third-order valence-electron chi connectivity index (χ3n) is 2.95. The molecular weight excluding hydrogens is 238 g/mol. The molecule has 2 rings (SSSR count). The van der Waals surface area contributed by atoms with Crippen LogP contribution in [-0.4, -0.2) is 11.8 Å². The van der Waals surface area contributed by atoms with E-state index >= 15 is 0 Å². The van der Waals surface area contributed by atoms with Crippen molar-refractivity contribution in [1.29, 1.82) is 0 Å². The first-order valence-corrected chi connectivity index (χ1v) is 6.34. The molecule has 0 aliphatic carbocycles. The summed E-state index contributed by atoms with van der Waals surface area (Å²) in [6, 6.07) is 7.49. The van der Waals surface area contributed by atoms with Crippen molar-refractivity contribution in [1.82, 2.24) is 0 Å². The molecule has 0 atom stereocenters. The van der Waals surface area contributed by atoms with Gasteiger partial charge in [0.15, 0.2) is 0 Å². The summed E-state index contributed by atoms with van der Waals surface area (Å²) in [5.41, 5.74) is 2.79. The molecule has 1 heterocycles. The third kappa shape index (κ3) is 2.81. The van der Waals surface area contributed by atoms with Gasteiger partial charge in [-0.2, -0.15) is 0 Å². The average molecular weight is 255 g/mol. The van der Waals surface area contributed by atoms with E-state index in [-0.39, 0.29) is 11.8 Å². The molecule has 19 heavy (non-hydrogen) atoms. The van der Waals surface area contributed by atoms with Gasteiger partial charge in [0.05, 0.1) is 5.69 Å². The predicted octanol–water partition coefficient (Wildman–Crippen LogP) is 3.18. The Morgan fingerprint density at radius 3 is 2.37 bits per heavy atom. The van der Waals surface area contributed by atoms with Crippen molar-refractivity contribution in [3.63, 3.8) is 0 Å². The Balaban J connectivity index is 2.35. The van der Waals surface area contributed by atoms with Gasteiger partial charge in [0.2, 0.25) is 0 Å². The molecule has 2 amide bonds. The smallest absolute Gasteiger partial charge is 0.258 e. The molecule has 0 bridgehead atoms. The Labute approximate surface area is 113 Å². The summed E-state index contributed by atoms with van der Waals surface area (Å²) in [5, 5.41) is 0. The maximum absolute atomic E-state index is 11.6. The van der Waals surface area contributed by atoms with Crippen LogP contribution in [0.25, 0.3) is 5.57 Å². The highest BCUT2D eigenvalue weighted by Gasteiger charge is 2.25. The van der Waals surface area contributed by atoms with E-state index in [0.29, 0.717) is 11.6 Å². The fourth-order valence-corrected chi connectivity index (χ4v) is 2.14. The van der Waals surface area contributed by atoms with Crippen molar-refractivity contribution in [2.24, 2.45) is 5.92 Å². The first-order chi connectivity index (χ1) is 8.99. The number of amides is 2. The van der Waals surface area contributed by atoms with E-state index in [4.69, 9.17) is 0 Å². The van der Waals surface area contributed by atoms with Crippen LogP contribution < -0.4 is 4.90 Å². The third-order valence-corrected chi connectivity index (χ3v) is 2.95. The highest BCUT2D eigenvalue weighted by Crippen LogP contribution is 2.24. The van der Waals surface area contributed by atoms with E-state index in [9.17, 15) is 9.59 Å². The minimum Gasteiger partial charge on any atom is -0.269 e. The van der Waals surface area contributed by atoms with E-state index in [0.717, 1.165) is 11.1 Å². The van der Waals surface area contributed by atoms with Crippen LogP contribution in [0.3, 0.4) is 0 Å². The molecule has 0 N–H and O–H groups in total. The number of carbonyl (C=O) groups excluding carboxylic acids is 2. The number of carbonyl (C=O) groups is 2. The summed E-state index contributed by atoms with van der Waals surface area (Å²) in [5.74, 6) is -0.111. The lowest BCUT2D eigenvalue weighted by Gasteiger charge is -2.15. The van der Waals surface area contributed by atoms with Gasteiger partial charge < -0.3 is 0 Å². The molecule has 0 saturated carbocycles. The number of anilines is 1. The molecular formula is C16H17NO2. The van der Waals surface area contributed by atoms with Crippen LogP contribution in [0.1, 0.15) is 26.3 Å². The predicted molar refractivity (Wildman–Crippen MR) is 76.6 cm³/mol. The maximum Gasteiger partial charge on any atom is 0.258 e. The lowest BCUT2D eigenvalue weighted by molar-refractivity contribution is -0.119. The minimum atomic E-state index is -0.285. The number of benzene rings is 1. The second-order valence-corrected chi connectivity index (χ2v) is 4.99. The van der Waals surface area contributed by atoms with E-state index in [1.807, 2.05) is 25.1 Å². The van der Waals surface area contributed by atoms with Gasteiger partial charge in [-0.25, -0.2) is 4.90 Å². The van der Waals surface area contributed by atoms with Gasteiger partial charge >= 0.3 is 0 Å². The zero-order valence-electron chi connectivity index (χ0n) is 11.4. The van der Waals surface area contributed by atoms with Gasteiger partial charge in [0.25, 0.3) is 11.8 Å². The van der Waals surface area contributed by atoms with Gasteiger partial charge in [0.1, 0.15) is 0 Å². The fourth-order valence-electron chi connectivity index (χ4n) is 2.14. The molecule has 0 spiro atoms. The summed E-state index contributed by atoms with van der Waals surface area (Å²) in [4.78, 5) is 24.5. The van der Waals surface area contributed by atoms with Gasteiger partial charge in [-0.3, -0.25) is 9.59 Å². The number of rotatable bonds is 3. The van der Waals surface area contributed by atoms with Gasteiger partial charge in [0, 0.05) is 12.2 Å². The van der Waals surface area contributed by atoms with Crippen LogP contribution >= 0.6 is 0 Å². The Morgan fingerprint density at radius 2 is 1.79 bits per heavy atom. The summed E-state index contributed by atoms with van der Waals surface area (Å²) < 4.78 is 0. The molecule has 0 saturated heterocycles. The Hall–Kier alpha value is -2.16. The number of allylic oxidation sites excluding steroid dienone is 2. The number of hydrogen-bond donors (Lipinski definition) is 0. The largest absolute Gasteiger partial charge is 0.269 e. The molecule has 98 valence electrons. The van der Waals surface area contributed by atoms with Gasteiger partial charge in [-0.1, -0.05) is 32.1 Å². The quantitative estimate of drug-likeness (QED) is 0.778. The van der Waals surface area contributed by atoms with Crippen molar-refractivity contribution in [2.75, 3.05) is 4.90 Å². The Morgan fingerprint density at radius 1 is 1.16 bits per heavy atom. The van der Waals surface area contributed by atoms with Crippen molar-refractivity contribution in [3.8, 4) is 0 Å². The molecule has 0 fully saturated rings. The SMILES string of the molecule is CC(=CC(C)C)c1cccc(N2C(=O)C=CC2=O)c1. The van der Waals surface area contributed by atoms with Crippen LogP contribution in [0.15, 0.2) is 42.5 Å². The maximum atomic E-state index is 11.6. The first-order valence-electron chi connectivity index (χ1n) is 6.34. The summed E-state index contributed by atoms with van der Waals surface area (Å²) in [6.07, 6.45) is 4.75. The number of nitrogens with zero attached hydrogens (tertiary/aromatic N) is 1. The number of hydrogen-bond acceptors (Lipinski definition) is 2. The summed E-state index contributed by atoms with van der Waals surface area (Å²) in [7, 11) is 0. The van der Waals surface area contributed by atoms with Crippen LogP contribution in [-0.2, 0) is 9.59 Å². The molecule has 0 aromatic heterocycles. The molecule has 3 heteroatoms. The van der Waals surface area contributed by atoms with Crippen LogP contribution in [0.4, 0.5) is 5.69 Å². The first kappa shape index (κ1) is 13.3. The highest BCUT2D eigenvalue weighted by molar-refractivity contribution is 6.28. The number of imide groups is 1. The van der Waals surface area contributed by atoms with Crippen molar-refractivity contribution < 1.29 is 9.59 Å². The van der Waals surface area contributed by atoms with Crippen LogP contribution in [0.2, 0.25) is 0 Å². The molecule has 0 radical (unpaired) electrons. The zero-order chi connectivity index (χ0) is 14.0. The molecule has 0 unspecified atom stereocenters. The molecule has 3 nitrogen and oxygen atoms in total. The van der Waals surface area contributed by atoms with Gasteiger partial charge in [-0.05, 0) is 36.1 Å². The topological polar surface area (TPSA) is 37.4 Å². The van der Waals surface area contributed by atoms with E-state index < -0.39 is 0 Å². The second-order valence-electron chi connectivity index (χ2n) is 4.99. The lowest BCUT2D eigenvalue weighted by Crippen LogP contribution is -2.29. The lowest BCUT2D eigenvalue weighted by atomic mass is 10.0. The standard InChI is InChI=1S/C16H17NO2/c1-11(2)9-12(3)13-5-4-6-14(10-13)17-15(18)7-8-16(17)19/h4-11H,1-3H3. The molecule has 1 aromatic carbocycles. The zero-order valence-corrected chi connectivity index (χ0v) is 11.4. The molecule has 1 aliphatic heterocycles. The molecule has 1 aromatic rings. The van der Waals surface area contributed by atoms with Gasteiger partial charge in [-0.15, -0.1) is 0 Å².